The maximum Gasteiger partial charge on any atom is 0.0214 e. The average molecular weight is 179 g/mol. The van der Waals surface area contributed by atoms with Crippen molar-refractivity contribution in [2.45, 2.75) is 39.7 Å². The van der Waals surface area contributed by atoms with E-state index < -0.39 is 0 Å². The lowest BCUT2D eigenvalue weighted by Crippen LogP contribution is -2.45. The number of rotatable bonds is 2. The third-order valence-electron chi connectivity index (χ3n) is 3.26. The summed E-state index contributed by atoms with van der Waals surface area (Å²) in [5, 5.41) is 0. The molecule has 0 aromatic heterocycles. The number of likely N-dealkylation sites (tertiary alicyclic amines) is 1. The standard InChI is InChI=1S/C12H21N/c1-5-6-7-13-9-10(2)8-11(3)12(13)4/h1,10-12H,6-9H2,2-4H3. The van der Waals surface area contributed by atoms with E-state index >= 15 is 0 Å². The monoisotopic (exact) mass is 179 g/mol. The third kappa shape index (κ3) is 2.74. The molecule has 1 heterocycles. The highest BCUT2D eigenvalue weighted by Crippen LogP contribution is 2.26. The van der Waals surface area contributed by atoms with Crippen LogP contribution in [0.1, 0.15) is 33.6 Å². The van der Waals surface area contributed by atoms with E-state index in [2.05, 4.69) is 31.6 Å². The topological polar surface area (TPSA) is 3.24 Å². The van der Waals surface area contributed by atoms with Crippen LogP contribution in [0.4, 0.5) is 0 Å². The Morgan fingerprint density at radius 3 is 2.69 bits per heavy atom. The first-order valence-electron chi connectivity index (χ1n) is 5.32. The third-order valence-corrected chi connectivity index (χ3v) is 3.26. The number of piperidine rings is 1. The van der Waals surface area contributed by atoms with Crippen molar-refractivity contribution in [3.05, 3.63) is 0 Å². The summed E-state index contributed by atoms with van der Waals surface area (Å²) in [7, 11) is 0. The predicted octanol–water partition coefficient (Wildman–Crippen LogP) is 2.38. The molecule has 0 aromatic carbocycles. The van der Waals surface area contributed by atoms with Crippen LogP contribution in [0.3, 0.4) is 0 Å². The van der Waals surface area contributed by atoms with Crippen molar-refractivity contribution in [2.24, 2.45) is 11.8 Å². The van der Waals surface area contributed by atoms with Crippen LogP contribution in [-0.2, 0) is 0 Å². The molecule has 0 N–H and O–H groups in total. The quantitative estimate of drug-likeness (QED) is 0.588. The number of terminal acetylenes is 1. The molecular formula is C12H21N. The molecule has 1 aliphatic rings. The Balaban J connectivity index is 2.46. The van der Waals surface area contributed by atoms with Crippen molar-refractivity contribution in [1.29, 1.82) is 0 Å². The molecular weight excluding hydrogens is 158 g/mol. The summed E-state index contributed by atoms with van der Waals surface area (Å²) in [6.07, 6.45) is 7.55. The van der Waals surface area contributed by atoms with Gasteiger partial charge in [0.05, 0.1) is 0 Å². The van der Waals surface area contributed by atoms with Gasteiger partial charge in [0.2, 0.25) is 0 Å². The van der Waals surface area contributed by atoms with Crippen molar-refractivity contribution in [3.8, 4) is 12.3 Å². The predicted molar refractivity (Wildman–Crippen MR) is 57.4 cm³/mol. The number of nitrogens with zero attached hydrogens (tertiary/aromatic N) is 1. The molecule has 0 aromatic rings. The molecule has 0 spiro atoms. The Kier molecular flexibility index (Phi) is 3.81. The zero-order chi connectivity index (χ0) is 9.84. The molecule has 1 rings (SSSR count). The minimum atomic E-state index is 0.713. The fourth-order valence-corrected chi connectivity index (χ4v) is 2.34. The van der Waals surface area contributed by atoms with Gasteiger partial charge >= 0.3 is 0 Å². The van der Waals surface area contributed by atoms with Crippen LogP contribution in [0.15, 0.2) is 0 Å². The summed E-state index contributed by atoms with van der Waals surface area (Å²) < 4.78 is 0. The largest absolute Gasteiger partial charge is 0.299 e. The maximum absolute atomic E-state index is 5.28. The minimum absolute atomic E-state index is 0.713. The number of hydrogen-bond donors (Lipinski definition) is 0. The van der Waals surface area contributed by atoms with Gasteiger partial charge in [-0.1, -0.05) is 13.8 Å². The van der Waals surface area contributed by atoms with Crippen LogP contribution in [0.25, 0.3) is 0 Å². The molecule has 0 aliphatic carbocycles. The lowest BCUT2D eigenvalue weighted by molar-refractivity contribution is 0.0821. The van der Waals surface area contributed by atoms with E-state index in [0.29, 0.717) is 6.04 Å². The summed E-state index contributed by atoms with van der Waals surface area (Å²) in [6.45, 7) is 9.32. The van der Waals surface area contributed by atoms with Crippen molar-refractivity contribution >= 4 is 0 Å². The molecule has 1 nitrogen and oxygen atoms in total. The van der Waals surface area contributed by atoms with Gasteiger partial charge in [-0.05, 0) is 25.2 Å². The van der Waals surface area contributed by atoms with Crippen LogP contribution >= 0.6 is 0 Å². The van der Waals surface area contributed by atoms with Gasteiger partial charge in [-0.3, -0.25) is 4.90 Å². The van der Waals surface area contributed by atoms with Crippen LogP contribution < -0.4 is 0 Å². The SMILES string of the molecule is C#CCCN1CC(C)CC(C)C1C. The van der Waals surface area contributed by atoms with Gasteiger partial charge < -0.3 is 0 Å². The Bertz CT molecular complexity index is 192. The second kappa shape index (κ2) is 4.67. The fourth-order valence-electron chi connectivity index (χ4n) is 2.34. The Hall–Kier alpha value is -0.480. The van der Waals surface area contributed by atoms with Crippen LogP contribution in [0.5, 0.6) is 0 Å². The van der Waals surface area contributed by atoms with Crippen molar-refractivity contribution < 1.29 is 0 Å². The second-order valence-corrected chi connectivity index (χ2v) is 4.51. The molecule has 0 saturated carbocycles. The smallest absolute Gasteiger partial charge is 0.0214 e. The zero-order valence-electron chi connectivity index (χ0n) is 9.09. The molecule has 3 unspecified atom stereocenters. The van der Waals surface area contributed by atoms with Crippen molar-refractivity contribution in [1.82, 2.24) is 4.90 Å². The molecule has 1 aliphatic heterocycles. The van der Waals surface area contributed by atoms with E-state index in [1.807, 2.05) is 0 Å². The van der Waals surface area contributed by atoms with Crippen molar-refractivity contribution in [3.63, 3.8) is 0 Å². The summed E-state index contributed by atoms with van der Waals surface area (Å²) in [5.41, 5.74) is 0. The van der Waals surface area contributed by atoms with Gasteiger partial charge in [-0.25, -0.2) is 0 Å². The van der Waals surface area contributed by atoms with Gasteiger partial charge in [0.25, 0.3) is 0 Å². The molecule has 0 amide bonds. The summed E-state index contributed by atoms with van der Waals surface area (Å²) in [4.78, 5) is 2.54. The van der Waals surface area contributed by atoms with Crippen LogP contribution in [0, 0.1) is 24.2 Å². The first-order valence-corrected chi connectivity index (χ1v) is 5.32. The first-order chi connectivity index (χ1) is 6.15. The van der Waals surface area contributed by atoms with Gasteiger partial charge in [0, 0.05) is 25.6 Å². The highest BCUT2D eigenvalue weighted by Gasteiger charge is 2.27. The van der Waals surface area contributed by atoms with Gasteiger partial charge in [0.1, 0.15) is 0 Å². The maximum atomic E-state index is 5.28. The van der Waals surface area contributed by atoms with Gasteiger partial charge in [-0.2, -0.15) is 0 Å². The summed E-state index contributed by atoms with van der Waals surface area (Å²) in [6, 6.07) is 0.713. The molecule has 74 valence electrons. The lowest BCUT2D eigenvalue weighted by Gasteiger charge is -2.40. The van der Waals surface area contributed by atoms with E-state index in [1.165, 1.54) is 13.0 Å². The molecule has 0 bridgehead atoms. The fraction of sp³-hybridized carbons (Fsp3) is 0.833. The number of hydrogen-bond acceptors (Lipinski definition) is 1. The average Bonchev–Trinajstić information content (AvgIpc) is 2.09. The normalized spacial score (nSPS) is 35.7. The Morgan fingerprint density at radius 1 is 1.38 bits per heavy atom. The lowest BCUT2D eigenvalue weighted by atomic mass is 9.86. The Morgan fingerprint density at radius 2 is 2.08 bits per heavy atom. The van der Waals surface area contributed by atoms with Gasteiger partial charge in [0.15, 0.2) is 0 Å². The molecule has 0 radical (unpaired) electrons. The van der Waals surface area contributed by atoms with E-state index in [-0.39, 0.29) is 0 Å². The molecule has 1 fully saturated rings. The van der Waals surface area contributed by atoms with Crippen LogP contribution in [0.2, 0.25) is 0 Å². The van der Waals surface area contributed by atoms with E-state index in [0.717, 1.165) is 24.8 Å². The van der Waals surface area contributed by atoms with Gasteiger partial charge in [-0.15, -0.1) is 12.3 Å². The minimum Gasteiger partial charge on any atom is -0.299 e. The van der Waals surface area contributed by atoms with E-state index in [1.54, 1.807) is 0 Å². The van der Waals surface area contributed by atoms with E-state index in [9.17, 15) is 0 Å². The van der Waals surface area contributed by atoms with Crippen molar-refractivity contribution in [2.75, 3.05) is 13.1 Å². The molecule has 1 saturated heterocycles. The molecule has 3 atom stereocenters. The Labute approximate surface area is 82.5 Å². The summed E-state index contributed by atoms with van der Waals surface area (Å²) >= 11 is 0. The van der Waals surface area contributed by atoms with Crippen LogP contribution in [-0.4, -0.2) is 24.0 Å². The highest BCUT2D eigenvalue weighted by atomic mass is 15.2. The molecule has 1 heteroatoms. The highest BCUT2D eigenvalue weighted by molar-refractivity contribution is 4.88. The zero-order valence-corrected chi connectivity index (χ0v) is 9.09. The second-order valence-electron chi connectivity index (χ2n) is 4.51. The van der Waals surface area contributed by atoms with E-state index in [4.69, 9.17) is 6.42 Å². The summed E-state index contributed by atoms with van der Waals surface area (Å²) in [5.74, 6) is 4.38. The molecule has 13 heavy (non-hydrogen) atoms. The first kappa shape index (κ1) is 10.6.